The lowest BCUT2D eigenvalue weighted by Crippen LogP contribution is -2.30. The molecule has 0 fully saturated rings. The lowest BCUT2D eigenvalue weighted by molar-refractivity contribution is 0.193. The number of hydrogen-bond acceptors (Lipinski definition) is 2. The van der Waals surface area contributed by atoms with Crippen molar-refractivity contribution in [2.45, 2.75) is 13.0 Å². The molecule has 4 heteroatoms. The zero-order valence-electron chi connectivity index (χ0n) is 8.03. The van der Waals surface area contributed by atoms with E-state index in [4.69, 9.17) is 10.8 Å². The topological polar surface area (TPSA) is 75.3 Å². The van der Waals surface area contributed by atoms with E-state index in [0.717, 1.165) is 11.1 Å². The van der Waals surface area contributed by atoms with Crippen molar-refractivity contribution in [3.63, 3.8) is 0 Å². The Balaban J connectivity index is 2.56. The highest BCUT2D eigenvalue weighted by atomic mass is 16.4. The van der Waals surface area contributed by atoms with Crippen molar-refractivity contribution in [1.29, 1.82) is 0 Å². The molecule has 0 heterocycles. The van der Waals surface area contributed by atoms with Crippen LogP contribution in [-0.2, 0) is 0 Å². The van der Waals surface area contributed by atoms with Gasteiger partial charge in [0.15, 0.2) is 0 Å². The van der Waals surface area contributed by atoms with Crippen LogP contribution in [0, 0.1) is 6.92 Å². The fourth-order valence-corrected chi connectivity index (χ4v) is 1.13. The molecule has 0 saturated carbocycles. The van der Waals surface area contributed by atoms with Gasteiger partial charge in [0.2, 0.25) is 0 Å². The highest BCUT2D eigenvalue weighted by Crippen LogP contribution is 2.10. The quantitative estimate of drug-likeness (QED) is 0.678. The molecule has 4 nitrogen and oxygen atoms in total. The summed E-state index contributed by atoms with van der Waals surface area (Å²) in [7, 11) is 0. The predicted molar refractivity (Wildman–Crippen MR) is 54.1 cm³/mol. The summed E-state index contributed by atoms with van der Waals surface area (Å²) in [5, 5.41) is 10.6. The van der Waals surface area contributed by atoms with E-state index in [1.165, 1.54) is 0 Å². The maximum Gasteiger partial charge on any atom is 0.404 e. The molecule has 0 aliphatic carbocycles. The van der Waals surface area contributed by atoms with E-state index in [1.807, 2.05) is 31.2 Å². The molecule has 1 amide bonds. The van der Waals surface area contributed by atoms with Gasteiger partial charge in [0.25, 0.3) is 0 Å². The zero-order chi connectivity index (χ0) is 10.6. The Bertz CT molecular complexity index is 308. The molecule has 14 heavy (non-hydrogen) atoms. The summed E-state index contributed by atoms with van der Waals surface area (Å²) >= 11 is 0. The second-order valence-corrected chi connectivity index (χ2v) is 3.20. The van der Waals surface area contributed by atoms with Crippen molar-refractivity contribution in [3.05, 3.63) is 35.4 Å². The fourth-order valence-electron chi connectivity index (χ4n) is 1.13. The maximum atomic E-state index is 10.2. The first-order chi connectivity index (χ1) is 6.59. The molecule has 0 aromatic heterocycles. The molecule has 0 aliphatic rings. The van der Waals surface area contributed by atoms with Gasteiger partial charge in [-0.05, 0) is 12.5 Å². The van der Waals surface area contributed by atoms with Gasteiger partial charge in [-0.1, -0.05) is 29.8 Å². The third kappa shape index (κ3) is 3.06. The number of carboxylic acid groups (broad SMARTS) is 1. The van der Waals surface area contributed by atoms with E-state index in [2.05, 4.69) is 5.32 Å². The number of hydrogen-bond donors (Lipinski definition) is 3. The van der Waals surface area contributed by atoms with Gasteiger partial charge in [0.1, 0.15) is 0 Å². The molecule has 1 unspecified atom stereocenters. The molecule has 0 saturated heterocycles. The van der Waals surface area contributed by atoms with Gasteiger partial charge in [0.05, 0.1) is 0 Å². The molecule has 0 spiro atoms. The number of amides is 1. The van der Waals surface area contributed by atoms with Crippen LogP contribution in [0.15, 0.2) is 24.3 Å². The van der Waals surface area contributed by atoms with Gasteiger partial charge in [-0.2, -0.15) is 0 Å². The van der Waals surface area contributed by atoms with Gasteiger partial charge < -0.3 is 16.2 Å². The van der Waals surface area contributed by atoms with Gasteiger partial charge in [-0.3, -0.25) is 0 Å². The minimum atomic E-state index is -1.05. The van der Waals surface area contributed by atoms with Crippen molar-refractivity contribution >= 4 is 6.09 Å². The van der Waals surface area contributed by atoms with Crippen molar-refractivity contribution in [1.82, 2.24) is 5.32 Å². The number of rotatable bonds is 3. The van der Waals surface area contributed by atoms with Crippen LogP contribution in [0.3, 0.4) is 0 Å². The normalized spacial score (nSPS) is 12.1. The largest absolute Gasteiger partial charge is 0.465 e. The molecule has 4 N–H and O–H groups in total. The average Bonchev–Trinajstić information content (AvgIpc) is 2.15. The molecule has 1 aromatic carbocycles. The maximum absolute atomic E-state index is 10.2. The lowest BCUT2D eigenvalue weighted by Gasteiger charge is -2.11. The summed E-state index contributed by atoms with van der Waals surface area (Å²) in [6.07, 6.45) is -1.05. The summed E-state index contributed by atoms with van der Waals surface area (Å²) in [6.45, 7) is 2.23. The van der Waals surface area contributed by atoms with Crippen molar-refractivity contribution in [3.8, 4) is 0 Å². The first-order valence-electron chi connectivity index (χ1n) is 4.38. The SMILES string of the molecule is Cc1ccc(C(N)CNC(=O)O)cc1. The zero-order valence-corrected chi connectivity index (χ0v) is 8.03. The van der Waals surface area contributed by atoms with Crippen LogP contribution in [0.5, 0.6) is 0 Å². The summed E-state index contributed by atoms with van der Waals surface area (Å²) in [5.41, 5.74) is 7.86. The summed E-state index contributed by atoms with van der Waals surface area (Å²) < 4.78 is 0. The Labute approximate surface area is 82.7 Å². The van der Waals surface area contributed by atoms with Crippen LogP contribution in [0.2, 0.25) is 0 Å². The van der Waals surface area contributed by atoms with E-state index in [9.17, 15) is 4.79 Å². The minimum Gasteiger partial charge on any atom is -0.465 e. The third-order valence-corrected chi connectivity index (χ3v) is 1.98. The van der Waals surface area contributed by atoms with Gasteiger partial charge in [0, 0.05) is 12.6 Å². The molecule has 0 bridgehead atoms. The Hall–Kier alpha value is -1.55. The monoisotopic (exact) mass is 194 g/mol. The fraction of sp³-hybridized carbons (Fsp3) is 0.300. The van der Waals surface area contributed by atoms with Crippen LogP contribution in [-0.4, -0.2) is 17.7 Å². The van der Waals surface area contributed by atoms with E-state index in [0.29, 0.717) is 0 Å². The Morgan fingerprint density at radius 3 is 2.57 bits per heavy atom. The second kappa shape index (κ2) is 4.62. The van der Waals surface area contributed by atoms with E-state index >= 15 is 0 Å². The molecule has 1 aromatic rings. The first kappa shape index (κ1) is 10.5. The first-order valence-corrected chi connectivity index (χ1v) is 4.38. The number of carbonyl (C=O) groups is 1. The lowest BCUT2D eigenvalue weighted by atomic mass is 10.1. The number of nitrogens with two attached hydrogens (primary N) is 1. The van der Waals surface area contributed by atoms with Crippen molar-refractivity contribution in [2.75, 3.05) is 6.54 Å². The number of nitrogens with one attached hydrogen (secondary N) is 1. The Morgan fingerprint density at radius 1 is 1.50 bits per heavy atom. The molecule has 76 valence electrons. The number of benzene rings is 1. The highest BCUT2D eigenvalue weighted by molar-refractivity contribution is 5.64. The van der Waals surface area contributed by atoms with E-state index in [-0.39, 0.29) is 12.6 Å². The molecular formula is C10H14N2O2. The smallest absolute Gasteiger partial charge is 0.404 e. The molecule has 0 aliphatic heterocycles. The Kier molecular flexibility index (Phi) is 3.48. The van der Waals surface area contributed by atoms with Gasteiger partial charge in [-0.25, -0.2) is 4.79 Å². The summed E-state index contributed by atoms with van der Waals surface area (Å²) in [6, 6.07) is 7.44. The third-order valence-electron chi connectivity index (χ3n) is 1.98. The molecular weight excluding hydrogens is 180 g/mol. The molecule has 0 radical (unpaired) electrons. The van der Waals surface area contributed by atoms with Crippen molar-refractivity contribution < 1.29 is 9.90 Å². The standard InChI is InChI=1S/C10H14N2O2/c1-7-2-4-8(5-3-7)9(11)6-12-10(13)14/h2-5,9,12H,6,11H2,1H3,(H,13,14). The summed E-state index contributed by atoms with van der Waals surface area (Å²) in [4.78, 5) is 10.2. The van der Waals surface area contributed by atoms with Gasteiger partial charge >= 0.3 is 6.09 Å². The average molecular weight is 194 g/mol. The van der Waals surface area contributed by atoms with Crippen LogP contribution in [0.1, 0.15) is 17.2 Å². The van der Waals surface area contributed by atoms with Crippen LogP contribution in [0.4, 0.5) is 4.79 Å². The number of aryl methyl sites for hydroxylation is 1. The van der Waals surface area contributed by atoms with E-state index < -0.39 is 6.09 Å². The van der Waals surface area contributed by atoms with E-state index in [1.54, 1.807) is 0 Å². The van der Waals surface area contributed by atoms with Crippen LogP contribution >= 0.6 is 0 Å². The Morgan fingerprint density at radius 2 is 2.07 bits per heavy atom. The molecule has 1 rings (SSSR count). The highest BCUT2D eigenvalue weighted by Gasteiger charge is 2.06. The van der Waals surface area contributed by atoms with Crippen LogP contribution in [0.25, 0.3) is 0 Å². The minimum absolute atomic E-state index is 0.235. The molecule has 1 atom stereocenters. The summed E-state index contributed by atoms with van der Waals surface area (Å²) in [5.74, 6) is 0. The van der Waals surface area contributed by atoms with Gasteiger partial charge in [-0.15, -0.1) is 0 Å². The predicted octanol–water partition coefficient (Wildman–Crippen LogP) is 1.26. The van der Waals surface area contributed by atoms with Crippen LogP contribution < -0.4 is 11.1 Å². The second-order valence-electron chi connectivity index (χ2n) is 3.20. The van der Waals surface area contributed by atoms with Crippen molar-refractivity contribution in [2.24, 2.45) is 5.73 Å².